The largest absolute Gasteiger partial charge is 0.118 e. The maximum Gasteiger partial charge on any atom is 0.0486 e. The molecule has 1 spiro atoms. The summed E-state index contributed by atoms with van der Waals surface area (Å²) in [7, 11) is 0. The smallest absolute Gasteiger partial charge is 0.0486 e. The minimum atomic E-state index is 0.383. The zero-order valence-electron chi connectivity index (χ0n) is 20.2. The van der Waals surface area contributed by atoms with Gasteiger partial charge in [-0.25, -0.2) is 0 Å². The second kappa shape index (κ2) is 8.91. The Morgan fingerprint density at radius 2 is 0.595 bits per heavy atom. The second-order valence-corrected chi connectivity index (χ2v) is 14.6. The molecule has 0 aromatic heterocycles. The molecule has 0 amide bonds. The topological polar surface area (TPSA) is 0 Å². The van der Waals surface area contributed by atoms with Crippen LogP contribution in [-0.2, 0) is 0 Å². The van der Waals surface area contributed by atoms with E-state index in [0.29, 0.717) is 5.41 Å². The van der Waals surface area contributed by atoms with Gasteiger partial charge in [0.2, 0.25) is 0 Å². The van der Waals surface area contributed by atoms with Crippen LogP contribution in [0.2, 0.25) is 0 Å². The van der Waals surface area contributed by atoms with Crippen LogP contribution in [0.1, 0.15) is 22.3 Å². The molecule has 4 aromatic rings. The first-order valence-electron chi connectivity index (χ1n) is 12.7. The highest BCUT2D eigenvalue weighted by atomic mass is 32.2. The van der Waals surface area contributed by atoms with Gasteiger partial charge in [-0.2, -0.15) is 0 Å². The monoisotopic (exact) mass is 548 g/mol. The van der Waals surface area contributed by atoms with Crippen molar-refractivity contribution in [2.24, 2.45) is 5.41 Å². The molecule has 0 saturated carbocycles. The van der Waals surface area contributed by atoms with Gasteiger partial charge in [0.1, 0.15) is 0 Å². The molecule has 4 aliphatic rings. The minimum Gasteiger partial charge on any atom is -0.118 e. The molecule has 2 heterocycles. The molecular formula is C33H24S4. The van der Waals surface area contributed by atoms with Crippen molar-refractivity contribution in [1.82, 2.24) is 0 Å². The van der Waals surface area contributed by atoms with Crippen LogP contribution in [0.15, 0.2) is 106 Å². The van der Waals surface area contributed by atoms with Crippen LogP contribution >= 0.6 is 47.0 Å². The molecule has 8 rings (SSSR count). The van der Waals surface area contributed by atoms with E-state index < -0.39 is 0 Å². The predicted octanol–water partition coefficient (Wildman–Crippen LogP) is 9.73. The first kappa shape index (κ1) is 22.7. The van der Waals surface area contributed by atoms with E-state index in [1.165, 1.54) is 87.1 Å². The van der Waals surface area contributed by atoms with Gasteiger partial charge in [-0.1, -0.05) is 97.1 Å². The van der Waals surface area contributed by atoms with Gasteiger partial charge in [-0.15, -0.1) is 47.0 Å². The van der Waals surface area contributed by atoms with Crippen molar-refractivity contribution in [2.75, 3.05) is 23.0 Å². The molecule has 4 aromatic carbocycles. The van der Waals surface area contributed by atoms with E-state index in [2.05, 4.69) is 144 Å². The summed E-state index contributed by atoms with van der Waals surface area (Å²) >= 11 is 8.41. The lowest BCUT2D eigenvalue weighted by atomic mass is 9.99. The molecule has 2 fully saturated rings. The standard InChI is InChI=1S/C33H24S4/c1-5-13-25-21(9-1)22-10-2-6-14-26(22)29(25)31-34-17-33(18-35-31)19-36-32(37-20-33)30-27-15-7-3-11-23(27)24-12-4-8-16-28(24)30/h1-16H,17-20H2. The van der Waals surface area contributed by atoms with Crippen molar-refractivity contribution >= 4 is 58.2 Å². The summed E-state index contributed by atoms with van der Waals surface area (Å²) in [5.74, 6) is 4.83. The molecule has 2 aliphatic carbocycles. The Kier molecular flexibility index (Phi) is 5.47. The Hall–Kier alpha value is -2.24. The van der Waals surface area contributed by atoms with Crippen molar-refractivity contribution in [3.05, 3.63) is 128 Å². The van der Waals surface area contributed by atoms with Gasteiger partial charge in [0.25, 0.3) is 0 Å². The summed E-state index contributed by atoms with van der Waals surface area (Å²) in [6.45, 7) is 0. The Labute approximate surface area is 235 Å². The highest BCUT2D eigenvalue weighted by molar-refractivity contribution is 8.24. The normalized spacial score (nSPS) is 21.6. The highest BCUT2D eigenvalue weighted by Crippen LogP contribution is 2.59. The highest BCUT2D eigenvalue weighted by Gasteiger charge is 2.41. The van der Waals surface area contributed by atoms with Gasteiger partial charge < -0.3 is 0 Å². The third kappa shape index (κ3) is 3.56. The van der Waals surface area contributed by atoms with Crippen molar-refractivity contribution in [1.29, 1.82) is 0 Å². The van der Waals surface area contributed by atoms with Gasteiger partial charge in [-0.05, 0) is 44.5 Å². The van der Waals surface area contributed by atoms with Crippen LogP contribution in [0.4, 0.5) is 0 Å². The maximum atomic E-state index is 2.31. The lowest BCUT2D eigenvalue weighted by molar-refractivity contribution is 0.514. The van der Waals surface area contributed by atoms with E-state index in [-0.39, 0.29) is 0 Å². The summed E-state index contributed by atoms with van der Waals surface area (Å²) in [6, 6.07) is 35.8. The van der Waals surface area contributed by atoms with Gasteiger partial charge in [0.15, 0.2) is 0 Å². The third-order valence-electron chi connectivity index (χ3n) is 7.81. The molecule has 180 valence electrons. The van der Waals surface area contributed by atoms with Crippen LogP contribution in [0.25, 0.3) is 33.4 Å². The van der Waals surface area contributed by atoms with E-state index in [1.807, 2.05) is 0 Å². The summed E-state index contributed by atoms with van der Waals surface area (Å²) in [5, 5.41) is 0. The van der Waals surface area contributed by atoms with E-state index in [0.717, 1.165) is 0 Å². The van der Waals surface area contributed by atoms with Crippen molar-refractivity contribution in [3.63, 3.8) is 0 Å². The number of thioether (sulfide) groups is 4. The first-order chi connectivity index (χ1) is 18.3. The van der Waals surface area contributed by atoms with Crippen molar-refractivity contribution in [3.8, 4) is 22.3 Å². The molecule has 2 aliphatic heterocycles. The summed E-state index contributed by atoms with van der Waals surface area (Å²) in [5.41, 5.74) is 14.5. The zero-order chi connectivity index (χ0) is 24.4. The Balaban J connectivity index is 1.08. The van der Waals surface area contributed by atoms with Crippen LogP contribution in [0, 0.1) is 5.41 Å². The molecule has 4 heteroatoms. The molecule has 0 nitrogen and oxygen atoms in total. The molecule has 0 bridgehead atoms. The summed E-state index contributed by atoms with van der Waals surface area (Å²) in [4.78, 5) is 0. The van der Waals surface area contributed by atoms with E-state index in [4.69, 9.17) is 0 Å². The number of hydrogen-bond acceptors (Lipinski definition) is 4. The molecule has 2 saturated heterocycles. The van der Waals surface area contributed by atoms with E-state index in [9.17, 15) is 0 Å². The van der Waals surface area contributed by atoms with Gasteiger partial charge in [0, 0.05) is 48.0 Å². The van der Waals surface area contributed by atoms with Crippen LogP contribution in [-0.4, -0.2) is 23.0 Å². The summed E-state index contributed by atoms with van der Waals surface area (Å²) < 4.78 is 3.03. The average molecular weight is 549 g/mol. The number of benzene rings is 4. The summed E-state index contributed by atoms with van der Waals surface area (Å²) in [6.07, 6.45) is 0. The van der Waals surface area contributed by atoms with Crippen LogP contribution in [0.5, 0.6) is 0 Å². The fraction of sp³-hybridized carbons (Fsp3) is 0.152. The lowest BCUT2D eigenvalue weighted by Crippen LogP contribution is -2.37. The van der Waals surface area contributed by atoms with Crippen molar-refractivity contribution < 1.29 is 0 Å². The van der Waals surface area contributed by atoms with E-state index >= 15 is 0 Å². The van der Waals surface area contributed by atoms with Crippen LogP contribution < -0.4 is 0 Å². The minimum absolute atomic E-state index is 0.383. The first-order valence-corrected chi connectivity index (χ1v) is 16.6. The molecular weight excluding hydrogens is 525 g/mol. The molecule has 0 unspecified atom stereocenters. The Morgan fingerprint density at radius 1 is 0.351 bits per heavy atom. The molecule has 0 radical (unpaired) electrons. The number of hydrogen-bond donors (Lipinski definition) is 0. The SMILES string of the molecule is c1ccc2c(c1)C(=C1SCC3(CS1)CSC(=C1c4ccccc4-c4ccccc41)SC3)c1ccccc1-2. The number of fused-ring (bicyclic) bond motifs is 6. The quantitative estimate of drug-likeness (QED) is 0.185. The van der Waals surface area contributed by atoms with Crippen LogP contribution in [0.3, 0.4) is 0 Å². The zero-order valence-corrected chi connectivity index (χ0v) is 23.5. The number of rotatable bonds is 0. The second-order valence-electron chi connectivity index (χ2n) is 10.2. The average Bonchev–Trinajstić information content (AvgIpc) is 3.48. The molecule has 37 heavy (non-hydrogen) atoms. The maximum absolute atomic E-state index is 2.31. The fourth-order valence-corrected chi connectivity index (χ4v) is 12.6. The Bertz CT molecular complexity index is 1400. The van der Waals surface area contributed by atoms with Crippen molar-refractivity contribution in [2.45, 2.75) is 0 Å². The van der Waals surface area contributed by atoms with Gasteiger partial charge >= 0.3 is 0 Å². The van der Waals surface area contributed by atoms with Gasteiger partial charge in [0.05, 0.1) is 0 Å². The van der Waals surface area contributed by atoms with Gasteiger partial charge in [-0.3, -0.25) is 0 Å². The molecule has 0 N–H and O–H groups in total. The fourth-order valence-electron chi connectivity index (χ4n) is 5.97. The third-order valence-corrected chi connectivity index (χ3v) is 14.1. The predicted molar refractivity (Wildman–Crippen MR) is 168 cm³/mol. The van der Waals surface area contributed by atoms with E-state index in [1.54, 1.807) is 0 Å². The Morgan fingerprint density at radius 3 is 0.865 bits per heavy atom. The molecule has 0 atom stereocenters. The lowest BCUT2D eigenvalue weighted by Gasteiger charge is -2.40.